The quantitative estimate of drug-likeness (QED) is 0.839. The number of aryl methyl sites for hydroxylation is 1. The molecule has 0 spiro atoms. The number of carboxylic acids is 1. The summed E-state index contributed by atoms with van der Waals surface area (Å²) in [4.78, 5) is 23.9. The zero-order chi connectivity index (χ0) is 18.7. The number of carbonyl (C=O) groups is 2. The van der Waals surface area contributed by atoms with Crippen LogP contribution < -0.4 is 5.32 Å². The molecule has 25 heavy (non-hydrogen) atoms. The van der Waals surface area contributed by atoms with Gasteiger partial charge in [-0.25, -0.2) is 0 Å². The summed E-state index contributed by atoms with van der Waals surface area (Å²) in [6.45, 7) is 1.74. The van der Waals surface area contributed by atoms with Crippen molar-refractivity contribution in [3.05, 3.63) is 35.4 Å². The summed E-state index contributed by atoms with van der Waals surface area (Å²) >= 11 is 0. The molecule has 1 saturated carbocycles. The predicted molar refractivity (Wildman–Crippen MR) is 86.3 cm³/mol. The summed E-state index contributed by atoms with van der Waals surface area (Å²) in [6, 6.07) is 5.95. The number of aliphatic carboxylic acids is 1. The number of carboxylic acid groups (broad SMARTS) is 1. The third-order valence-corrected chi connectivity index (χ3v) is 4.82. The van der Waals surface area contributed by atoms with Gasteiger partial charge in [-0.2, -0.15) is 13.2 Å². The number of amides is 1. The third kappa shape index (κ3) is 5.21. The normalized spacial score (nSPS) is 23.9. The SMILES string of the molecule is CC1(NC(=O)c2ccc(CCC(F)(F)F)cc2)CCCCC1C(=O)O. The first-order valence-electron chi connectivity index (χ1n) is 8.32. The number of hydrogen-bond donors (Lipinski definition) is 2. The van der Waals surface area contributed by atoms with Crippen LogP contribution in [-0.4, -0.2) is 28.7 Å². The highest BCUT2D eigenvalue weighted by molar-refractivity contribution is 5.95. The monoisotopic (exact) mass is 357 g/mol. The van der Waals surface area contributed by atoms with Gasteiger partial charge in [0.25, 0.3) is 5.91 Å². The van der Waals surface area contributed by atoms with Crippen molar-refractivity contribution in [2.75, 3.05) is 0 Å². The van der Waals surface area contributed by atoms with E-state index in [0.29, 0.717) is 24.0 Å². The van der Waals surface area contributed by atoms with Crippen molar-refractivity contribution in [2.24, 2.45) is 5.92 Å². The van der Waals surface area contributed by atoms with E-state index < -0.39 is 35.9 Å². The number of rotatable bonds is 5. The lowest BCUT2D eigenvalue weighted by Gasteiger charge is -2.39. The maximum absolute atomic E-state index is 12.4. The molecule has 0 aromatic heterocycles. The first-order valence-corrected chi connectivity index (χ1v) is 8.32. The second-order valence-electron chi connectivity index (χ2n) is 6.82. The number of alkyl halides is 3. The minimum absolute atomic E-state index is 0.135. The van der Waals surface area contributed by atoms with E-state index in [2.05, 4.69) is 5.32 Å². The van der Waals surface area contributed by atoms with E-state index in [1.54, 1.807) is 6.92 Å². The molecule has 2 N–H and O–H groups in total. The molecule has 0 heterocycles. The van der Waals surface area contributed by atoms with Gasteiger partial charge in [0.2, 0.25) is 0 Å². The summed E-state index contributed by atoms with van der Waals surface area (Å²) in [7, 11) is 0. The molecule has 7 heteroatoms. The molecule has 2 rings (SSSR count). The van der Waals surface area contributed by atoms with E-state index in [-0.39, 0.29) is 6.42 Å². The minimum atomic E-state index is -4.21. The van der Waals surface area contributed by atoms with Gasteiger partial charge in [-0.3, -0.25) is 9.59 Å². The van der Waals surface area contributed by atoms with Gasteiger partial charge in [0, 0.05) is 12.0 Å². The summed E-state index contributed by atoms with van der Waals surface area (Å²) in [5.41, 5.74) is -0.0105. The van der Waals surface area contributed by atoms with Crippen molar-refractivity contribution >= 4 is 11.9 Å². The van der Waals surface area contributed by atoms with Gasteiger partial charge in [-0.1, -0.05) is 25.0 Å². The zero-order valence-corrected chi connectivity index (χ0v) is 14.0. The molecule has 0 bridgehead atoms. The Labute approximate surface area is 144 Å². The molecular formula is C18H22F3NO3. The highest BCUT2D eigenvalue weighted by Gasteiger charge is 2.42. The van der Waals surface area contributed by atoms with Crippen LogP contribution in [0.4, 0.5) is 13.2 Å². The average molecular weight is 357 g/mol. The van der Waals surface area contributed by atoms with Gasteiger partial charge in [-0.05, 0) is 43.9 Å². The molecule has 0 radical (unpaired) electrons. The first kappa shape index (κ1) is 19.3. The molecule has 1 amide bonds. The van der Waals surface area contributed by atoms with Gasteiger partial charge < -0.3 is 10.4 Å². The van der Waals surface area contributed by atoms with Gasteiger partial charge in [0.15, 0.2) is 0 Å². The second kappa shape index (κ2) is 7.45. The van der Waals surface area contributed by atoms with Crippen molar-refractivity contribution in [3.63, 3.8) is 0 Å². The summed E-state index contributed by atoms with van der Waals surface area (Å²) in [5, 5.41) is 12.2. The van der Waals surface area contributed by atoms with Crippen molar-refractivity contribution in [2.45, 2.75) is 57.2 Å². The third-order valence-electron chi connectivity index (χ3n) is 4.82. The first-order chi connectivity index (χ1) is 11.6. The molecule has 1 fully saturated rings. The number of benzene rings is 1. The highest BCUT2D eigenvalue weighted by Crippen LogP contribution is 2.34. The van der Waals surface area contributed by atoms with Crippen LogP contribution in [-0.2, 0) is 11.2 Å². The van der Waals surface area contributed by atoms with Crippen molar-refractivity contribution in [1.82, 2.24) is 5.32 Å². The summed E-state index contributed by atoms with van der Waals surface area (Å²) in [6.07, 6.45) is -2.49. The molecule has 1 aliphatic rings. The fourth-order valence-corrected chi connectivity index (χ4v) is 3.32. The van der Waals surface area contributed by atoms with Crippen LogP contribution in [0, 0.1) is 5.92 Å². The van der Waals surface area contributed by atoms with E-state index >= 15 is 0 Å². The number of hydrogen-bond acceptors (Lipinski definition) is 2. The lowest BCUT2D eigenvalue weighted by atomic mass is 9.73. The van der Waals surface area contributed by atoms with Gasteiger partial charge in [-0.15, -0.1) is 0 Å². The van der Waals surface area contributed by atoms with Crippen molar-refractivity contribution in [3.8, 4) is 0 Å². The molecule has 1 aromatic rings. The molecule has 1 aromatic carbocycles. The molecule has 138 valence electrons. The van der Waals surface area contributed by atoms with Crippen LogP contribution in [0.1, 0.15) is 54.9 Å². The molecule has 2 unspecified atom stereocenters. The predicted octanol–water partition coefficient (Wildman–Crippen LogP) is 3.94. The largest absolute Gasteiger partial charge is 0.481 e. The zero-order valence-electron chi connectivity index (χ0n) is 14.0. The fourth-order valence-electron chi connectivity index (χ4n) is 3.32. The Bertz CT molecular complexity index is 627. The topological polar surface area (TPSA) is 66.4 Å². The van der Waals surface area contributed by atoms with E-state index in [4.69, 9.17) is 0 Å². The van der Waals surface area contributed by atoms with E-state index in [1.807, 2.05) is 0 Å². The standard InChI is InChI=1S/C18H22F3NO3/c1-17(10-3-2-4-14(17)16(24)25)22-15(23)13-7-5-12(6-8-13)9-11-18(19,20)21/h5-8,14H,2-4,9-11H2,1H3,(H,22,23)(H,24,25). The Hall–Kier alpha value is -2.05. The highest BCUT2D eigenvalue weighted by atomic mass is 19.4. The molecule has 0 saturated heterocycles. The Morgan fingerprint density at radius 3 is 2.44 bits per heavy atom. The molecule has 1 aliphatic carbocycles. The van der Waals surface area contributed by atoms with Crippen LogP contribution in [0.5, 0.6) is 0 Å². The fraction of sp³-hybridized carbons (Fsp3) is 0.556. The number of halogens is 3. The molecular weight excluding hydrogens is 335 g/mol. The van der Waals surface area contributed by atoms with E-state index in [9.17, 15) is 27.9 Å². The van der Waals surface area contributed by atoms with Crippen LogP contribution in [0.15, 0.2) is 24.3 Å². The van der Waals surface area contributed by atoms with Crippen molar-refractivity contribution in [1.29, 1.82) is 0 Å². The van der Waals surface area contributed by atoms with Gasteiger partial charge in [0.05, 0.1) is 11.5 Å². The average Bonchev–Trinajstić information content (AvgIpc) is 2.52. The number of carbonyl (C=O) groups excluding carboxylic acids is 1. The van der Waals surface area contributed by atoms with Crippen molar-refractivity contribution < 1.29 is 27.9 Å². The Kier molecular flexibility index (Phi) is 5.75. The van der Waals surface area contributed by atoms with Crippen LogP contribution in [0.2, 0.25) is 0 Å². The van der Waals surface area contributed by atoms with Crippen LogP contribution >= 0.6 is 0 Å². The number of nitrogens with one attached hydrogen (secondary N) is 1. The van der Waals surface area contributed by atoms with E-state index in [0.717, 1.165) is 12.8 Å². The Morgan fingerprint density at radius 2 is 1.88 bits per heavy atom. The Balaban J connectivity index is 2.03. The summed E-state index contributed by atoms with van der Waals surface area (Å²) < 4.78 is 36.7. The lowest BCUT2D eigenvalue weighted by Crippen LogP contribution is -2.55. The Morgan fingerprint density at radius 1 is 1.24 bits per heavy atom. The molecule has 4 nitrogen and oxygen atoms in total. The minimum Gasteiger partial charge on any atom is -0.481 e. The maximum atomic E-state index is 12.4. The smallest absolute Gasteiger partial charge is 0.389 e. The van der Waals surface area contributed by atoms with Crippen LogP contribution in [0.25, 0.3) is 0 Å². The lowest BCUT2D eigenvalue weighted by molar-refractivity contribution is -0.145. The molecule has 2 atom stereocenters. The van der Waals surface area contributed by atoms with Crippen LogP contribution in [0.3, 0.4) is 0 Å². The molecule has 0 aliphatic heterocycles. The van der Waals surface area contributed by atoms with Gasteiger partial charge >= 0.3 is 12.1 Å². The maximum Gasteiger partial charge on any atom is 0.389 e. The summed E-state index contributed by atoms with van der Waals surface area (Å²) in [5.74, 6) is -1.97. The second-order valence-corrected chi connectivity index (χ2v) is 6.82. The van der Waals surface area contributed by atoms with Gasteiger partial charge in [0.1, 0.15) is 0 Å². The van der Waals surface area contributed by atoms with E-state index in [1.165, 1.54) is 24.3 Å².